The third kappa shape index (κ3) is 4.86. The molecular weight excluding hydrogens is 268 g/mol. The highest BCUT2D eigenvalue weighted by molar-refractivity contribution is 6.28. The minimum absolute atomic E-state index is 0.0779. The van der Waals surface area contributed by atoms with Crippen molar-refractivity contribution < 1.29 is 4.79 Å². The number of carbonyl (C=O) groups is 1. The molecule has 1 rings (SSSR count). The molecule has 0 aliphatic rings. The van der Waals surface area contributed by atoms with Crippen molar-refractivity contribution in [3.05, 3.63) is 5.28 Å². The van der Waals surface area contributed by atoms with Crippen LogP contribution in [-0.4, -0.2) is 47.0 Å². The van der Waals surface area contributed by atoms with Crippen molar-refractivity contribution in [2.24, 2.45) is 0 Å². The number of hydrogen-bond acceptors (Lipinski definition) is 6. The van der Waals surface area contributed by atoms with Crippen LogP contribution in [0.1, 0.15) is 20.8 Å². The highest BCUT2D eigenvalue weighted by atomic mass is 35.5. The Morgan fingerprint density at radius 3 is 2.53 bits per heavy atom. The monoisotopic (exact) mass is 286 g/mol. The largest absolute Gasteiger partial charge is 0.355 e. The molecule has 8 heteroatoms. The summed E-state index contributed by atoms with van der Waals surface area (Å²) in [6, 6.07) is 0. The van der Waals surface area contributed by atoms with E-state index >= 15 is 0 Å². The smallest absolute Gasteiger partial charge is 0.239 e. The standard InChI is InChI=1S/C11H19ClN6O/c1-4-13-8(19)7-18(6-3)11-16-9(12)15-10(17-11)14-5-2/h4-7H2,1-3H3,(H,13,19)(H,14,15,16,17). The summed E-state index contributed by atoms with van der Waals surface area (Å²) in [4.78, 5) is 25.6. The van der Waals surface area contributed by atoms with Crippen molar-refractivity contribution in [1.82, 2.24) is 20.3 Å². The summed E-state index contributed by atoms with van der Waals surface area (Å²) < 4.78 is 0. The lowest BCUT2D eigenvalue weighted by Crippen LogP contribution is -2.38. The van der Waals surface area contributed by atoms with Gasteiger partial charge in [-0.3, -0.25) is 4.79 Å². The first-order chi connectivity index (χ1) is 9.10. The second kappa shape index (κ2) is 7.73. The lowest BCUT2D eigenvalue weighted by atomic mass is 10.4. The molecule has 0 aliphatic heterocycles. The van der Waals surface area contributed by atoms with Crippen LogP contribution in [0.3, 0.4) is 0 Å². The fraction of sp³-hybridized carbons (Fsp3) is 0.636. The first kappa shape index (κ1) is 15.4. The molecule has 1 amide bonds. The third-order valence-corrected chi connectivity index (χ3v) is 2.47. The van der Waals surface area contributed by atoms with E-state index in [1.54, 1.807) is 4.90 Å². The Bertz CT molecular complexity index is 428. The Kier molecular flexibility index (Phi) is 6.27. The van der Waals surface area contributed by atoms with Gasteiger partial charge in [-0.1, -0.05) is 0 Å². The molecule has 106 valence electrons. The van der Waals surface area contributed by atoms with Crippen molar-refractivity contribution in [2.75, 3.05) is 36.4 Å². The summed E-state index contributed by atoms with van der Waals surface area (Å²) in [6.07, 6.45) is 0. The molecule has 0 aromatic carbocycles. The zero-order chi connectivity index (χ0) is 14.3. The Morgan fingerprint density at radius 1 is 1.21 bits per heavy atom. The van der Waals surface area contributed by atoms with E-state index in [0.717, 1.165) is 0 Å². The number of aromatic nitrogens is 3. The minimum Gasteiger partial charge on any atom is -0.355 e. The summed E-state index contributed by atoms with van der Waals surface area (Å²) in [5, 5.41) is 5.81. The molecule has 0 saturated carbocycles. The number of likely N-dealkylation sites (N-methyl/N-ethyl adjacent to an activating group) is 2. The van der Waals surface area contributed by atoms with Crippen molar-refractivity contribution in [3.63, 3.8) is 0 Å². The van der Waals surface area contributed by atoms with E-state index in [1.807, 2.05) is 20.8 Å². The van der Waals surface area contributed by atoms with Crippen LogP contribution >= 0.6 is 11.6 Å². The third-order valence-electron chi connectivity index (χ3n) is 2.30. The van der Waals surface area contributed by atoms with Gasteiger partial charge in [0.25, 0.3) is 0 Å². The molecule has 0 saturated heterocycles. The number of hydrogen-bond donors (Lipinski definition) is 2. The van der Waals surface area contributed by atoms with Crippen LogP contribution in [0.2, 0.25) is 5.28 Å². The fourth-order valence-corrected chi connectivity index (χ4v) is 1.62. The van der Waals surface area contributed by atoms with Gasteiger partial charge in [0.2, 0.25) is 23.1 Å². The van der Waals surface area contributed by atoms with E-state index < -0.39 is 0 Å². The van der Waals surface area contributed by atoms with Crippen LogP contribution in [0.5, 0.6) is 0 Å². The maximum Gasteiger partial charge on any atom is 0.239 e. The summed E-state index contributed by atoms with van der Waals surface area (Å²) in [5.41, 5.74) is 0. The van der Waals surface area contributed by atoms with Gasteiger partial charge in [0, 0.05) is 19.6 Å². The molecule has 1 aromatic rings. The van der Waals surface area contributed by atoms with Crippen LogP contribution in [0.25, 0.3) is 0 Å². The lowest BCUT2D eigenvalue weighted by molar-refractivity contribution is -0.119. The van der Waals surface area contributed by atoms with E-state index in [4.69, 9.17) is 11.6 Å². The second-order valence-electron chi connectivity index (χ2n) is 3.73. The van der Waals surface area contributed by atoms with Gasteiger partial charge in [-0.15, -0.1) is 0 Å². The van der Waals surface area contributed by atoms with Crippen LogP contribution in [0.15, 0.2) is 0 Å². The number of nitrogens with zero attached hydrogens (tertiary/aromatic N) is 4. The van der Waals surface area contributed by atoms with E-state index in [0.29, 0.717) is 31.5 Å². The minimum atomic E-state index is -0.0779. The van der Waals surface area contributed by atoms with Crippen LogP contribution in [-0.2, 0) is 4.79 Å². The molecule has 0 atom stereocenters. The molecule has 1 heterocycles. The molecule has 0 spiro atoms. The number of amides is 1. The number of nitrogens with one attached hydrogen (secondary N) is 2. The zero-order valence-corrected chi connectivity index (χ0v) is 12.2. The lowest BCUT2D eigenvalue weighted by Gasteiger charge is -2.20. The number of halogens is 1. The van der Waals surface area contributed by atoms with Crippen LogP contribution in [0, 0.1) is 0 Å². The van der Waals surface area contributed by atoms with E-state index in [-0.39, 0.29) is 17.7 Å². The Morgan fingerprint density at radius 2 is 1.95 bits per heavy atom. The Hall–Kier alpha value is -1.63. The Labute approximate surface area is 117 Å². The molecule has 1 aromatic heterocycles. The van der Waals surface area contributed by atoms with Gasteiger partial charge >= 0.3 is 0 Å². The van der Waals surface area contributed by atoms with Gasteiger partial charge in [0.15, 0.2) is 0 Å². The highest BCUT2D eigenvalue weighted by Crippen LogP contribution is 2.13. The van der Waals surface area contributed by atoms with Gasteiger partial charge in [-0.25, -0.2) is 0 Å². The molecule has 2 N–H and O–H groups in total. The van der Waals surface area contributed by atoms with Crippen molar-refractivity contribution in [2.45, 2.75) is 20.8 Å². The summed E-state index contributed by atoms with van der Waals surface area (Å²) in [7, 11) is 0. The van der Waals surface area contributed by atoms with Gasteiger partial charge in [-0.2, -0.15) is 15.0 Å². The molecule has 0 aliphatic carbocycles. The molecular formula is C11H19ClN6O. The van der Waals surface area contributed by atoms with Crippen LogP contribution < -0.4 is 15.5 Å². The maximum atomic E-state index is 11.6. The molecule has 19 heavy (non-hydrogen) atoms. The van der Waals surface area contributed by atoms with Crippen molar-refractivity contribution in [3.8, 4) is 0 Å². The molecule has 0 fully saturated rings. The Balaban J connectivity index is 2.87. The van der Waals surface area contributed by atoms with Gasteiger partial charge < -0.3 is 15.5 Å². The number of carbonyl (C=O) groups excluding carboxylic acids is 1. The number of rotatable bonds is 7. The van der Waals surface area contributed by atoms with E-state index in [1.165, 1.54) is 0 Å². The molecule has 0 bridgehead atoms. The van der Waals surface area contributed by atoms with Gasteiger partial charge in [0.1, 0.15) is 0 Å². The van der Waals surface area contributed by atoms with E-state index in [9.17, 15) is 4.79 Å². The predicted molar refractivity (Wildman–Crippen MR) is 75.6 cm³/mol. The van der Waals surface area contributed by atoms with Gasteiger partial charge in [0.05, 0.1) is 6.54 Å². The predicted octanol–water partition coefficient (Wildman–Crippen LogP) is 0.919. The average Bonchev–Trinajstić information content (AvgIpc) is 2.36. The normalized spacial score (nSPS) is 10.1. The summed E-state index contributed by atoms with van der Waals surface area (Å²) in [6.45, 7) is 7.79. The topological polar surface area (TPSA) is 83.0 Å². The second-order valence-corrected chi connectivity index (χ2v) is 4.06. The molecule has 0 radical (unpaired) electrons. The van der Waals surface area contributed by atoms with Crippen LogP contribution in [0.4, 0.5) is 11.9 Å². The van der Waals surface area contributed by atoms with Crippen molar-refractivity contribution in [1.29, 1.82) is 0 Å². The SMILES string of the molecule is CCNC(=O)CN(CC)c1nc(Cl)nc(NCC)n1. The van der Waals surface area contributed by atoms with Gasteiger partial charge in [-0.05, 0) is 32.4 Å². The quantitative estimate of drug-likeness (QED) is 0.775. The highest BCUT2D eigenvalue weighted by Gasteiger charge is 2.14. The molecule has 7 nitrogen and oxygen atoms in total. The first-order valence-electron chi connectivity index (χ1n) is 6.27. The maximum absolute atomic E-state index is 11.6. The summed E-state index contributed by atoms with van der Waals surface area (Å²) in [5.74, 6) is 0.724. The fourth-order valence-electron chi connectivity index (χ4n) is 1.47. The molecule has 0 unspecified atom stereocenters. The first-order valence-corrected chi connectivity index (χ1v) is 6.65. The number of anilines is 2. The van der Waals surface area contributed by atoms with Crippen molar-refractivity contribution >= 4 is 29.4 Å². The zero-order valence-electron chi connectivity index (χ0n) is 11.4. The van der Waals surface area contributed by atoms with E-state index in [2.05, 4.69) is 25.6 Å². The average molecular weight is 287 g/mol. The summed E-state index contributed by atoms with van der Waals surface area (Å²) >= 11 is 5.86.